The number of urea groups is 1. The number of likely N-dealkylation sites (tertiary alicyclic amines) is 1. The highest BCUT2D eigenvalue weighted by Gasteiger charge is 2.53. The molecule has 2 heterocycles. The van der Waals surface area contributed by atoms with Gasteiger partial charge in [-0.2, -0.15) is 13.2 Å². The molecule has 2 fully saturated rings. The first kappa shape index (κ1) is 17.4. The molecular formula is C14H17F3N2O4. The quantitative estimate of drug-likeness (QED) is 0.757. The zero-order valence-corrected chi connectivity index (χ0v) is 12.2. The molecule has 0 saturated carbocycles. The summed E-state index contributed by atoms with van der Waals surface area (Å²) in [5, 5.41) is 11.4. The van der Waals surface area contributed by atoms with Crippen molar-refractivity contribution in [1.82, 2.24) is 10.2 Å². The van der Waals surface area contributed by atoms with Gasteiger partial charge in [-0.1, -0.05) is 5.92 Å². The average molecular weight is 334 g/mol. The van der Waals surface area contributed by atoms with E-state index in [0.717, 1.165) is 11.3 Å². The number of alkyl halides is 3. The van der Waals surface area contributed by atoms with Crippen LogP contribution >= 0.6 is 0 Å². The van der Waals surface area contributed by atoms with Crippen molar-refractivity contribution in [2.75, 3.05) is 19.7 Å². The number of carboxylic acid groups (broad SMARTS) is 1. The fourth-order valence-electron chi connectivity index (χ4n) is 2.88. The van der Waals surface area contributed by atoms with Crippen molar-refractivity contribution in [3.05, 3.63) is 0 Å². The summed E-state index contributed by atoms with van der Waals surface area (Å²) in [7, 11) is 0. The van der Waals surface area contributed by atoms with Crippen molar-refractivity contribution in [2.45, 2.75) is 31.2 Å². The monoisotopic (exact) mass is 334 g/mol. The lowest BCUT2D eigenvalue weighted by Gasteiger charge is -2.23. The van der Waals surface area contributed by atoms with Crippen molar-refractivity contribution in [3.63, 3.8) is 0 Å². The van der Waals surface area contributed by atoms with E-state index in [1.807, 2.05) is 0 Å². The van der Waals surface area contributed by atoms with Crippen molar-refractivity contribution in [1.29, 1.82) is 0 Å². The summed E-state index contributed by atoms with van der Waals surface area (Å²) in [5.74, 6) is -2.98. The zero-order chi connectivity index (χ0) is 17.2. The minimum Gasteiger partial charge on any atom is -0.481 e. The molecule has 2 amide bonds. The number of hydrogen-bond acceptors (Lipinski definition) is 3. The number of hydrogen-bond donors (Lipinski definition) is 2. The number of terminal acetylenes is 1. The Bertz CT molecular complexity index is 511. The van der Waals surface area contributed by atoms with Crippen LogP contribution in [0.4, 0.5) is 18.0 Å². The van der Waals surface area contributed by atoms with Gasteiger partial charge in [0.05, 0.1) is 17.9 Å². The Kier molecular flexibility index (Phi) is 5.04. The van der Waals surface area contributed by atoms with E-state index in [4.69, 9.17) is 16.3 Å². The first-order chi connectivity index (χ1) is 10.7. The topological polar surface area (TPSA) is 78.9 Å². The molecule has 0 spiro atoms. The first-order valence-electron chi connectivity index (χ1n) is 7.16. The number of halogens is 3. The second-order valence-corrected chi connectivity index (χ2v) is 5.64. The number of amides is 2. The number of carbonyl (C=O) groups excluding carboxylic acids is 1. The average Bonchev–Trinajstić information content (AvgIpc) is 3.12. The molecule has 0 aliphatic carbocycles. The molecule has 2 aliphatic rings. The molecule has 2 unspecified atom stereocenters. The summed E-state index contributed by atoms with van der Waals surface area (Å²) in [6.45, 7) is -0.692. The van der Waals surface area contributed by atoms with Gasteiger partial charge >= 0.3 is 18.2 Å². The zero-order valence-electron chi connectivity index (χ0n) is 12.2. The van der Waals surface area contributed by atoms with Gasteiger partial charge in [0.15, 0.2) is 0 Å². The molecule has 2 aliphatic heterocycles. The Morgan fingerprint density at radius 1 is 1.39 bits per heavy atom. The number of nitrogens with one attached hydrogen (secondary N) is 1. The molecule has 4 atom stereocenters. The van der Waals surface area contributed by atoms with E-state index >= 15 is 0 Å². The van der Waals surface area contributed by atoms with Crippen LogP contribution in [0.3, 0.4) is 0 Å². The Hall–Kier alpha value is -1.95. The minimum absolute atomic E-state index is 0.375. The number of aliphatic carboxylic acids is 1. The molecule has 0 radical (unpaired) electrons. The first-order valence-corrected chi connectivity index (χ1v) is 7.16. The van der Waals surface area contributed by atoms with Crippen LogP contribution in [-0.2, 0) is 9.53 Å². The Morgan fingerprint density at radius 2 is 2.09 bits per heavy atom. The predicted octanol–water partition coefficient (Wildman–Crippen LogP) is 1.07. The third kappa shape index (κ3) is 3.88. The van der Waals surface area contributed by atoms with Gasteiger partial charge in [-0.15, -0.1) is 6.42 Å². The number of carboxylic acids is 1. The maximum Gasteiger partial charge on any atom is 0.394 e. The lowest BCUT2D eigenvalue weighted by Crippen LogP contribution is -2.48. The minimum atomic E-state index is -4.68. The molecule has 2 N–H and O–H groups in total. The van der Waals surface area contributed by atoms with Crippen LogP contribution in [0.15, 0.2) is 0 Å². The summed E-state index contributed by atoms with van der Waals surface area (Å²) in [5.41, 5.74) is 0. The van der Waals surface area contributed by atoms with E-state index < -0.39 is 49.1 Å². The van der Waals surface area contributed by atoms with E-state index in [2.05, 4.69) is 11.2 Å². The van der Waals surface area contributed by atoms with Crippen molar-refractivity contribution >= 4 is 12.0 Å². The largest absolute Gasteiger partial charge is 0.481 e. The van der Waals surface area contributed by atoms with Crippen LogP contribution in [0.25, 0.3) is 0 Å². The van der Waals surface area contributed by atoms with Crippen LogP contribution in [0, 0.1) is 24.2 Å². The van der Waals surface area contributed by atoms with Gasteiger partial charge in [-0.25, -0.2) is 4.79 Å². The number of nitrogens with zero attached hydrogens (tertiary/aromatic N) is 1. The van der Waals surface area contributed by atoms with Gasteiger partial charge in [0.1, 0.15) is 6.04 Å². The van der Waals surface area contributed by atoms with Crippen LogP contribution in [0.5, 0.6) is 0 Å². The smallest absolute Gasteiger partial charge is 0.394 e. The summed E-state index contributed by atoms with van der Waals surface area (Å²) < 4.78 is 44.1. The molecule has 23 heavy (non-hydrogen) atoms. The molecule has 9 heteroatoms. The molecular weight excluding hydrogens is 317 g/mol. The van der Waals surface area contributed by atoms with Gasteiger partial charge in [0, 0.05) is 19.7 Å². The second-order valence-electron chi connectivity index (χ2n) is 5.64. The van der Waals surface area contributed by atoms with E-state index in [1.54, 1.807) is 0 Å². The van der Waals surface area contributed by atoms with E-state index in [0.29, 0.717) is 13.0 Å². The van der Waals surface area contributed by atoms with Gasteiger partial charge < -0.3 is 20.1 Å². The molecule has 2 rings (SSSR count). The highest BCUT2D eigenvalue weighted by atomic mass is 19.4. The molecule has 2 saturated heterocycles. The van der Waals surface area contributed by atoms with Crippen molar-refractivity contribution in [3.8, 4) is 12.3 Å². The van der Waals surface area contributed by atoms with Crippen LogP contribution < -0.4 is 5.32 Å². The predicted molar refractivity (Wildman–Crippen MR) is 72.4 cm³/mol. The lowest BCUT2D eigenvalue weighted by molar-refractivity contribution is -0.187. The van der Waals surface area contributed by atoms with Gasteiger partial charge in [0.25, 0.3) is 0 Å². The summed E-state index contributed by atoms with van der Waals surface area (Å²) in [6, 6.07) is -1.56. The normalized spacial score (nSPS) is 29.1. The van der Waals surface area contributed by atoms with Crippen molar-refractivity contribution < 1.29 is 32.6 Å². The lowest BCUT2D eigenvalue weighted by atomic mass is 9.96. The van der Waals surface area contributed by atoms with Crippen LogP contribution in [0.2, 0.25) is 0 Å². The van der Waals surface area contributed by atoms with E-state index in [-0.39, 0.29) is 6.10 Å². The molecule has 0 aromatic heterocycles. The summed E-state index contributed by atoms with van der Waals surface area (Å²) >= 11 is 0. The highest BCUT2D eigenvalue weighted by molar-refractivity contribution is 5.78. The maximum absolute atomic E-state index is 12.9. The standard InChI is InChI=1S/C14H17F3N2O4/c1-2-10(11-4-3-5-23-11)18-13(22)19-6-8(12(20)21)9(7-19)14(15,16)17/h1,8-11H,3-7H2,(H,18,22)(H,20,21)/t8-,9-,10?,11?/m1/s1. The second kappa shape index (κ2) is 6.66. The SMILES string of the molecule is C#CC(NC(=O)N1C[C@@H](C(F)(F)F)[C@H](C(=O)O)C1)C1CCCO1. The highest BCUT2D eigenvalue weighted by Crippen LogP contribution is 2.37. The fourth-order valence-corrected chi connectivity index (χ4v) is 2.88. The van der Waals surface area contributed by atoms with Gasteiger partial charge in [0.2, 0.25) is 0 Å². The third-order valence-corrected chi connectivity index (χ3v) is 4.14. The Labute approximate surface area is 131 Å². The maximum atomic E-state index is 12.9. The number of rotatable bonds is 3. The Balaban J connectivity index is 2.02. The fraction of sp³-hybridized carbons (Fsp3) is 0.714. The van der Waals surface area contributed by atoms with Crippen molar-refractivity contribution in [2.24, 2.45) is 11.8 Å². The van der Waals surface area contributed by atoms with E-state index in [9.17, 15) is 22.8 Å². The Morgan fingerprint density at radius 3 is 2.52 bits per heavy atom. The van der Waals surface area contributed by atoms with Gasteiger partial charge in [-0.05, 0) is 12.8 Å². The molecule has 0 aromatic carbocycles. The van der Waals surface area contributed by atoms with Crippen LogP contribution in [0.1, 0.15) is 12.8 Å². The molecule has 0 aromatic rings. The molecule has 128 valence electrons. The number of ether oxygens (including phenoxy) is 1. The van der Waals surface area contributed by atoms with Crippen LogP contribution in [-0.4, -0.2) is 60.0 Å². The number of carbonyl (C=O) groups is 2. The van der Waals surface area contributed by atoms with Gasteiger partial charge in [-0.3, -0.25) is 4.79 Å². The van der Waals surface area contributed by atoms with E-state index in [1.165, 1.54) is 0 Å². The summed E-state index contributed by atoms with van der Waals surface area (Å²) in [6.07, 6.45) is 1.72. The molecule has 0 bridgehead atoms. The molecule has 6 nitrogen and oxygen atoms in total. The summed E-state index contributed by atoms with van der Waals surface area (Å²) in [4.78, 5) is 24.0. The third-order valence-electron chi connectivity index (χ3n) is 4.14.